The summed E-state index contributed by atoms with van der Waals surface area (Å²) in [4.78, 5) is 25.2. The molecule has 0 atom stereocenters. The van der Waals surface area contributed by atoms with E-state index in [-0.39, 0.29) is 5.91 Å². The molecule has 0 saturated carbocycles. The number of likely N-dealkylation sites (tertiary alicyclic amines) is 1. The molecule has 1 aromatic carbocycles. The van der Waals surface area contributed by atoms with Gasteiger partial charge in [-0.1, -0.05) is 36.4 Å². The van der Waals surface area contributed by atoms with Gasteiger partial charge in [0.25, 0.3) is 5.91 Å². The number of hydrogen-bond donors (Lipinski definition) is 0. The maximum atomic E-state index is 11.8. The van der Waals surface area contributed by atoms with Crippen molar-refractivity contribution in [2.45, 2.75) is 19.3 Å². The van der Waals surface area contributed by atoms with Crippen LogP contribution in [0.1, 0.15) is 24.8 Å². The van der Waals surface area contributed by atoms with E-state index in [1.807, 2.05) is 30.3 Å². The molecule has 1 heterocycles. The zero-order valence-electron chi connectivity index (χ0n) is 10.3. The van der Waals surface area contributed by atoms with Crippen LogP contribution in [0.15, 0.2) is 36.4 Å². The molecule has 3 nitrogen and oxygen atoms in total. The maximum absolute atomic E-state index is 11.8. The fourth-order valence-electron chi connectivity index (χ4n) is 2.06. The molecule has 1 saturated heterocycles. The maximum Gasteiger partial charge on any atom is 0.294 e. The van der Waals surface area contributed by atoms with E-state index in [1.54, 1.807) is 11.0 Å². The van der Waals surface area contributed by atoms with Gasteiger partial charge in [0.05, 0.1) is 0 Å². The lowest BCUT2D eigenvalue weighted by atomic mass is 10.1. The lowest BCUT2D eigenvalue weighted by Gasteiger charge is -2.25. The molecule has 1 amide bonds. The van der Waals surface area contributed by atoms with Gasteiger partial charge >= 0.3 is 0 Å². The predicted octanol–water partition coefficient (Wildman–Crippen LogP) is 2.28. The van der Waals surface area contributed by atoms with Crippen LogP contribution < -0.4 is 0 Å². The highest BCUT2D eigenvalue weighted by Gasteiger charge is 2.20. The van der Waals surface area contributed by atoms with Crippen LogP contribution in [0.25, 0.3) is 6.08 Å². The Hall–Kier alpha value is -1.90. The molecule has 1 aliphatic heterocycles. The molecular formula is C15H17NO2. The molecule has 0 aromatic heterocycles. The van der Waals surface area contributed by atoms with Gasteiger partial charge in [0.15, 0.2) is 0 Å². The number of hydrogen-bond acceptors (Lipinski definition) is 2. The first-order chi connectivity index (χ1) is 8.77. The molecule has 0 N–H and O–H groups in total. The summed E-state index contributed by atoms with van der Waals surface area (Å²) in [7, 11) is 0. The Morgan fingerprint density at radius 1 is 1.00 bits per heavy atom. The SMILES string of the molecule is O=C(/C=C/c1ccccc1)C(=O)N1CCCCC1. The number of carbonyl (C=O) groups excluding carboxylic acids is 2. The minimum atomic E-state index is -0.430. The lowest BCUT2D eigenvalue weighted by Crippen LogP contribution is -2.39. The van der Waals surface area contributed by atoms with Crippen LogP contribution >= 0.6 is 0 Å². The molecule has 94 valence electrons. The summed E-state index contributed by atoms with van der Waals surface area (Å²) < 4.78 is 0. The number of ketones is 1. The highest BCUT2D eigenvalue weighted by atomic mass is 16.2. The fourth-order valence-corrected chi connectivity index (χ4v) is 2.06. The van der Waals surface area contributed by atoms with Gasteiger partial charge in [-0.25, -0.2) is 0 Å². The van der Waals surface area contributed by atoms with E-state index in [0.29, 0.717) is 13.1 Å². The van der Waals surface area contributed by atoms with Crippen molar-refractivity contribution in [1.82, 2.24) is 4.90 Å². The molecule has 0 aliphatic carbocycles. The summed E-state index contributed by atoms with van der Waals surface area (Å²) >= 11 is 0. The van der Waals surface area contributed by atoms with Gasteiger partial charge in [-0.3, -0.25) is 9.59 Å². The van der Waals surface area contributed by atoms with Gasteiger partial charge in [-0.2, -0.15) is 0 Å². The van der Waals surface area contributed by atoms with Crippen LogP contribution in [-0.2, 0) is 9.59 Å². The zero-order valence-corrected chi connectivity index (χ0v) is 10.3. The second kappa shape index (κ2) is 6.15. The third kappa shape index (κ3) is 3.29. The van der Waals surface area contributed by atoms with Crippen molar-refractivity contribution >= 4 is 17.8 Å². The summed E-state index contributed by atoms with van der Waals surface area (Å²) in [6, 6.07) is 9.51. The molecule has 1 fully saturated rings. The third-order valence-corrected chi connectivity index (χ3v) is 3.08. The van der Waals surface area contributed by atoms with Crippen molar-refractivity contribution in [3.05, 3.63) is 42.0 Å². The van der Waals surface area contributed by atoms with Gasteiger partial charge in [-0.05, 0) is 30.9 Å². The smallest absolute Gasteiger partial charge is 0.294 e. The van der Waals surface area contributed by atoms with E-state index >= 15 is 0 Å². The van der Waals surface area contributed by atoms with Gasteiger partial charge in [-0.15, -0.1) is 0 Å². The van der Waals surface area contributed by atoms with Crippen LogP contribution in [0.4, 0.5) is 0 Å². The molecule has 0 unspecified atom stereocenters. The first-order valence-corrected chi connectivity index (χ1v) is 6.34. The van der Waals surface area contributed by atoms with Crippen molar-refractivity contribution in [1.29, 1.82) is 0 Å². The summed E-state index contributed by atoms with van der Waals surface area (Å²) in [5.74, 6) is -0.803. The molecule has 2 rings (SSSR count). The van der Waals surface area contributed by atoms with E-state index in [1.165, 1.54) is 6.08 Å². The molecule has 0 radical (unpaired) electrons. The second-order valence-corrected chi connectivity index (χ2v) is 4.46. The average molecular weight is 243 g/mol. The van der Waals surface area contributed by atoms with Crippen molar-refractivity contribution < 1.29 is 9.59 Å². The number of piperidine rings is 1. The Kier molecular flexibility index (Phi) is 4.29. The molecular weight excluding hydrogens is 226 g/mol. The van der Waals surface area contributed by atoms with Gasteiger partial charge in [0.1, 0.15) is 0 Å². The standard InChI is InChI=1S/C15H17NO2/c17-14(10-9-13-7-3-1-4-8-13)15(18)16-11-5-2-6-12-16/h1,3-4,7-10H,2,5-6,11-12H2/b10-9+. The third-order valence-electron chi connectivity index (χ3n) is 3.08. The quantitative estimate of drug-likeness (QED) is 0.603. The van der Waals surface area contributed by atoms with Crippen LogP contribution in [0.3, 0.4) is 0 Å². The first-order valence-electron chi connectivity index (χ1n) is 6.34. The molecule has 0 bridgehead atoms. The van der Waals surface area contributed by atoms with Crippen molar-refractivity contribution in [3.8, 4) is 0 Å². The molecule has 0 spiro atoms. The second-order valence-electron chi connectivity index (χ2n) is 4.46. The Balaban J connectivity index is 1.95. The lowest BCUT2D eigenvalue weighted by molar-refractivity contribution is -0.142. The Labute approximate surface area is 107 Å². The van der Waals surface area contributed by atoms with Crippen molar-refractivity contribution in [2.24, 2.45) is 0 Å². The Morgan fingerprint density at radius 3 is 2.33 bits per heavy atom. The summed E-state index contributed by atoms with van der Waals surface area (Å²) in [5, 5.41) is 0. The molecule has 1 aromatic rings. The average Bonchev–Trinajstić information content (AvgIpc) is 2.46. The first kappa shape index (κ1) is 12.6. The van der Waals surface area contributed by atoms with Crippen LogP contribution in [0.5, 0.6) is 0 Å². The molecule has 18 heavy (non-hydrogen) atoms. The molecule has 3 heteroatoms. The topological polar surface area (TPSA) is 37.4 Å². The van der Waals surface area contributed by atoms with Crippen molar-refractivity contribution in [3.63, 3.8) is 0 Å². The van der Waals surface area contributed by atoms with E-state index < -0.39 is 5.78 Å². The van der Waals surface area contributed by atoms with Crippen LogP contribution in [0.2, 0.25) is 0 Å². The molecule has 1 aliphatic rings. The number of benzene rings is 1. The Bertz CT molecular complexity index is 445. The number of rotatable bonds is 3. The van der Waals surface area contributed by atoms with Crippen LogP contribution in [0, 0.1) is 0 Å². The fraction of sp³-hybridized carbons (Fsp3) is 0.333. The highest BCUT2D eigenvalue weighted by molar-refractivity contribution is 6.41. The minimum Gasteiger partial charge on any atom is -0.336 e. The highest BCUT2D eigenvalue weighted by Crippen LogP contribution is 2.09. The van der Waals surface area contributed by atoms with E-state index in [4.69, 9.17) is 0 Å². The number of carbonyl (C=O) groups is 2. The number of amides is 1. The van der Waals surface area contributed by atoms with E-state index in [0.717, 1.165) is 24.8 Å². The summed E-state index contributed by atoms with van der Waals surface area (Å²) in [5.41, 5.74) is 0.928. The van der Waals surface area contributed by atoms with Gasteiger partial charge in [0.2, 0.25) is 5.78 Å². The monoisotopic (exact) mass is 243 g/mol. The van der Waals surface area contributed by atoms with Gasteiger partial charge < -0.3 is 4.90 Å². The summed E-state index contributed by atoms with van der Waals surface area (Å²) in [6.45, 7) is 1.42. The largest absolute Gasteiger partial charge is 0.336 e. The van der Waals surface area contributed by atoms with Gasteiger partial charge in [0, 0.05) is 13.1 Å². The van der Waals surface area contributed by atoms with Crippen molar-refractivity contribution in [2.75, 3.05) is 13.1 Å². The van der Waals surface area contributed by atoms with E-state index in [9.17, 15) is 9.59 Å². The normalized spacial score (nSPS) is 15.9. The van der Waals surface area contributed by atoms with E-state index in [2.05, 4.69) is 0 Å². The predicted molar refractivity (Wildman–Crippen MR) is 70.9 cm³/mol. The zero-order chi connectivity index (χ0) is 12.8. The minimum absolute atomic E-state index is 0.373. The number of nitrogens with zero attached hydrogens (tertiary/aromatic N) is 1. The Morgan fingerprint density at radius 2 is 1.67 bits per heavy atom. The summed E-state index contributed by atoms with van der Waals surface area (Å²) in [6.07, 6.45) is 6.21. The van der Waals surface area contributed by atoms with Crippen LogP contribution in [-0.4, -0.2) is 29.7 Å².